The van der Waals surface area contributed by atoms with Crippen LogP contribution in [0.5, 0.6) is 0 Å². The molecule has 30 heavy (non-hydrogen) atoms. The number of fused-ring (bicyclic) bond motifs is 2. The number of imide groups is 2. The van der Waals surface area contributed by atoms with Gasteiger partial charge in [0.1, 0.15) is 0 Å². The average molecular weight is 404 g/mol. The fourth-order valence-corrected chi connectivity index (χ4v) is 5.24. The Labute approximate surface area is 175 Å². The number of rotatable bonds is 4. The summed E-state index contributed by atoms with van der Waals surface area (Å²) in [5.74, 6) is -1.32. The highest BCUT2D eigenvalue weighted by Gasteiger charge is 2.48. The molecule has 0 saturated carbocycles. The summed E-state index contributed by atoms with van der Waals surface area (Å²) >= 11 is 0. The van der Waals surface area contributed by atoms with Gasteiger partial charge in [-0.05, 0) is 36.8 Å². The SMILES string of the molecule is O=C1[C@@H]2CC=CC[C@H]2C(=O)N1Cc1cccc(CN2C(=O)[C@@H]3CC=CC[C@H]3C2=O)c1. The maximum atomic E-state index is 12.7. The molecule has 2 aliphatic carbocycles. The number of amides is 4. The molecule has 1 aromatic carbocycles. The number of carbonyl (C=O) groups is 4. The maximum absolute atomic E-state index is 12.7. The van der Waals surface area contributed by atoms with E-state index in [4.69, 9.17) is 0 Å². The van der Waals surface area contributed by atoms with Gasteiger partial charge in [0.05, 0.1) is 36.8 Å². The van der Waals surface area contributed by atoms with Crippen LogP contribution in [0.1, 0.15) is 36.8 Å². The summed E-state index contributed by atoms with van der Waals surface area (Å²) in [6, 6.07) is 7.49. The summed E-state index contributed by atoms with van der Waals surface area (Å²) < 4.78 is 0. The topological polar surface area (TPSA) is 74.8 Å². The summed E-state index contributed by atoms with van der Waals surface area (Å²) in [6.07, 6.45) is 10.4. The maximum Gasteiger partial charge on any atom is 0.233 e. The van der Waals surface area contributed by atoms with Gasteiger partial charge in [0.25, 0.3) is 0 Å². The molecule has 0 N–H and O–H groups in total. The van der Waals surface area contributed by atoms with Gasteiger partial charge in [-0.3, -0.25) is 29.0 Å². The minimum Gasteiger partial charge on any atom is -0.278 e. The summed E-state index contributed by atoms with van der Waals surface area (Å²) in [5.41, 5.74) is 1.66. The molecule has 0 aromatic heterocycles. The molecule has 0 spiro atoms. The Hall–Kier alpha value is -3.02. The molecule has 2 heterocycles. The molecule has 0 radical (unpaired) electrons. The fraction of sp³-hybridized carbons (Fsp3) is 0.417. The molecule has 2 fully saturated rings. The van der Waals surface area contributed by atoms with E-state index in [0.717, 1.165) is 11.1 Å². The molecule has 2 aliphatic heterocycles. The van der Waals surface area contributed by atoms with Crippen molar-refractivity contribution in [2.24, 2.45) is 23.7 Å². The number of hydrogen-bond acceptors (Lipinski definition) is 4. The van der Waals surface area contributed by atoms with E-state index in [0.29, 0.717) is 25.7 Å². The van der Waals surface area contributed by atoms with E-state index in [1.54, 1.807) is 0 Å². The quantitative estimate of drug-likeness (QED) is 0.571. The molecule has 4 atom stereocenters. The zero-order valence-electron chi connectivity index (χ0n) is 16.7. The number of likely N-dealkylation sites (tertiary alicyclic amines) is 2. The Morgan fingerprint density at radius 1 is 0.600 bits per heavy atom. The number of allylic oxidation sites excluding steroid dienone is 4. The van der Waals surface area contributed by atoms with Gasteiger partial charge in [0, 0.05) is 0 Å². The Balaban J connectivity index is 1.31. The number of benzene rings is 1. The van der Waals surface area contributed by atoms with Crippen LogP contribution < -0.4 is 0 Å². The molecule has 4 amide bonds. The third kappa shape index (κ3) is 3.02. The highest BCUT2D eigenvalue weighted by molar-refractivity contribution is 6.06. The van der Waals surface area contributed by atoms with Crippen LogP contribution in [0, 0.1) is 23.7 Å². The minimum absolute atomic E-state index is 0.0961. The molecule has 0 bridgehead atoms. The second kappa shape index (κ2) is 7.35. The van der Waals surface area contributed by atoms with Crippen molar-refractivity contribution >= 4 is 23.6 Å². The van der Waals surface area contributed by atoms with Gasteiger partial charge in [0.15, 0.2) is 0 Å². The van der Waals surface area contributed by atoms with Gasteiger partial charge in [-0.2, -0.15) is 0 Å². The van der Waals surface area contributed by atoms with Crippen molar-refractivity contribution < 1.29 is 19.2 Å². The predicted molar refractivity (Wildman–Crippen MR) is 108 cm³/mol. The third-order valence-corrected chi connectivity index (χ3v) is 6.87. The normalized spacial score (nSPS) is 30.3. The van der Waals surface area contributed by atoms with E-state index in [1.807, 2.05) is 48.6 Å². The molecule has 6 nitrogen and oxygen atoms in total. The number of hydrogen-bond donors (Lipinski definition) is 0. The van der Waals surface area contributed by atoms with Gasteiger partial charge < -0.3 is 0 Å². The largest absolute Gasteiger partial charge is 0.278 e. The first-order valence-electron chi connectivity index (χ1n) is 10.6. The molecule has 6 heteroatoms. The van der Waals surface area contributed by atoms with Crippen molar-refractivity contribution in [2.45, 2.75) is 38.8 Å². The Bertz CT molecular complexity index is 867. The summed E-state index contributed by atoms with van der Waals surface area (Å²) in [5, 5.41) is 0. The van der Waals surface area contributed by atoms with E-state index >= 15 is 0 Å². The summed E-state index contributed by atoms with van der Waals surface area (Å²) in [6.45, 7) is 0.463. The second-order valence-corrected chi connectivity index (χ2v) is 8.66. The van der Waals surface area contributed by atoms with Gasteiger partial charge in [-0.15, -0.1) is 0 Å². The highest BCUT2D eigenvalue weighted by atomic mass is 16.2. The monoisotopic (exact) mass is 404 g/mol. The van der Waals surface area contributed by atoms with Gasteiger partial charge in [0.2, 0.25) is 23.6 Å². The van der Waals surface area contributed by atoms with Gasteiger partial charge in [-0.1, -0.05) is 48.6 Å². The standard InChI is InChI=1S/C24H24N2O4/c27-21-17-8-1-2-9-18(17)22(28)25(21)13-15-6-5-7-16(12-15)14-26-23(29)19-10-3-4-11-20(19)24(26)30/h1-7,12,17-20H,8-11,13-14H2/t17-,18-,19-,20-/m1/s1. The zero-order valence-corrected chi connectivity index (χ0v) is 16.7. The lowest BCUT2D eigenvalue weighted by Crippen LogP contribution is -2.31. The summed E-state index contributed by atoms with van der Waals surface area (Å²) in [7, 11) is 0. The first-order valence-corrected chi connectivity index (χ1v) is 10.6. The van der Waals surface area contributed by atoms with Crippen LogP contribution in [-0.2, 0) is 32.3 Å². The van der Waals surface area contributed by atoms with E-state index in [1.165, 1.54) is 9.80 Å². The molecule has 0 unspecified atom stereocenters. The van der Waals surface area contributed by atoms with Crippen LogP contribution >= 0.6 is 0 Å². The molecule has 1 aromatic rings. The van der Waals surface area contributed by atoms with Crippen molar-refractivity contribution in [1.29, 1.82) is 0 Å². The van der Waals surface area contributed by atoms with Crippen molar-refractivity contribution in [1.82, 2.24) is 9.80 Å². The Morgan fingerprint density at radius 3 is 1.27 bits per heavy atom. The van der Waals surface area contributed by atoms with Crippen LogP contribution in [0.15, 0.2) is 48.6 Å². The van der Waals surface area contributed by atoms with Gasteiger partial charge in [-0.25, -0.2) is 0 Å². The van der Waals surface area contributed by atoms with Crippen LogP contribution in [0.4, 0.5) is 0 Å². The van der Waals surface area contributed by atoms with E-state index in [9.17, 15) is 19.2 Å². The number of carbonyl (C=O) groups excluding carboxylic acids is 4. The van der Waals surface area contributed by atoms with E-state index in [-0.39, 0.29) is 60.4 Å². The lowest BCUT2D eigenvalue weighted by Gasteiger charge is -2.18. The first kappa shape index (κ1) is 19.0. The predicted octanol–water partition coefficient (Wildman–Crippen LogP) is 2.59. The summed E-state index contributed by atoms with van der Waals surface area (Å²) in [4.78, 5) is 53.6. The Kier molecular flexibility index (Phi) is 4.65. The number of nitrogens with zero attached hydrogens (tertiary/aromatic N) is 2. The lowest BCUT2D eigenvalue weighted by molar-refractivity contribution is -0.142. The van der Waals surface area contributed by atoms with E-state index in [2.05, 4.69) is 0 Å². The molecule has 154 valence electrons. The highest BCUT2D eigenvalue weighted by Crippen LogP contribution is 2.37. The third-order valence-electron chi connectivity index (χ3n) is 6.87. The van der Waals surface area contributed by atoms with Crippen LogP contribution in [0.2, 0.25) is 0 Å². The Morgan fingerprint density at radius 2 is 0.933 bits per heavy atom. The minimum atomic E-state index is -0.234. The average Bonchev–Trinajstić information content (AvgIpc) is 3.15. The van der Waals surface area contributed by atoms with Crippen LogP contribution in [-0.4, -0.2) is 33.4 Å². The molecular formula is C24H24N2O4. The van der Waals surface area contributed by atoms with Crippen molar-refractivity contribution in [3.8, 4) is 0 Å². The van der Waals surface area contributed by atoms with Crippen molar-refractivity contribution in [2.75, 3.05) is 0 Å². The lowest BCUT2D eigenvalue weighted by atomic mass is 9.85. The van der Waals surface area contributed by atoms with Gasteiger partial charge >= 0.3 is 0 Å². The zero-order chi connectivity index (χ0) is 20.8. The molecule has 2 saturated heterocycles. The van der Waals surface area contributed by atoms with Crippen molar-refractivity contribution in [3.05, 3.63) is 59.7 Å². The second-order valence-electron chi connectivity index (χ2n) is 8.66. The van der Waals surface area contributed by atoms with Crippen molar-refractivity contribution in [3.63, 3.8) is 0 Å². The first-order chi connectivity index (χ1) is 14.5. The van der Waals surface area contributed by atoms with Crippen LogP contribution in [0.3, 0.4) is 0 Å². The molecule has 5 rings (SSSR count). The van der Waals surface area contributed by atoms with E-state index < -0.39 is 0 Å². The fourth-order valence-electron chi connectivity index (χ4n) is 5.24. The molecular weight excluding hydrogens is 380 g/mol. The smallest absolute Gasteiger partial charge is 0.233 e. The molecule has 4 aliphatic rings. The van der Waals surface area contributed by atoms with Crippen LogP contribution in [0.25, 0.3) is 0 Å².